The predicted molar refractivity (Wildman–Crippen MR) is 104 cm³/mol. The number of ether oxygens (including phenoxy) is 3. The molecule has 0 spiro atoms. The van der Waals surface area contributed by atoms with Gasteiger partial charge < -0.3 is 19.1 Å². The number of carbonyl (C=O) groups excluding carboxylic acids is 2. The summed E-state index contributed by atoms with van der Waals surface area (Å²) in [6, 6.07) is 5.54. The third kappa shape index (κ3) is 5.74. The molecule has 0 N–H and O–H groups in total. The Labute approximate surface area is 161 Å². The normalized spacial score (nSPS) is 16.0. The van der Waals surface area contributed by atoms with E-state index in [4.69, 9.17) is 14.2 Å². The molecule has 0 radical (unpaired) electrons. The maximum absolute atomic E-state index is 12.5. The van der Waals surface area contributed by atoms with Gasteiger partial charge in [0.1, 0.15) is 11.5 Å². The highest BCUT2D eigenvalue weighted by atomic mass is 16.5. The number of hydrogen-bond donors (Lipinski definition) is 0. The number of hydrogen-bond acceptors (Lipinski definition) is 5. The van der Waals surface area contributed by atoms with E-state index in [9.17, 15) is 9.59 Å². The Morgan fingerprint density at radius 2 is 1.85 bits per heavy atom. The molecule has 1 aromatic carbocycles. The van der Waals surface area contributed by atoms with E-state index < -0.39 is 12.1 Å². The first-order valence-electron chi connectivity index (χ1n) is 9.33. The SMILES string of the molecule is COc1ccc(/C=C/C(=O)O[C@H](C)C(=O)N(C)C2CCCCC2)c(OC)c1. The van der Waals surface area contributed by atoms with E-state index in [1.807, 2.05) is 0 Å². The standard InChI is InChI=1S/C21H29NO5/c1-15(21(24)22(2)17-8-6-5-7-9-17)27-20(23)13-11-16-10-12-18(25-3)14-19(16)26-4/h10-15,17H,5-9H2,1-4H3/b13-11+/t15-/m1/s1. The summed E-state index contributed by atoms with van der Waals surface area (Å²) >= 11 is 0. The predicted octanol–water partition coefficient (Wildman–Crippen LogP) is 3.44. The number of likely N-dealkylation sites (N-methyl/N-ethyl adjacent to an activating group) is 1. The Hall–Kier alpha value is -2.50. The molecule has 1 aromatic rings. The average Bonchev–Trinajstić information content (AvgIpc) is 2.71. The molecule has 1 saturated carbocycles. The molecule has 27 heavy (non-hydrogen) atoms. The van der Waals surface area contributed by atoms with Crippen LogP contribution in [0.5, 0.6) is 11.5 Å². The molecule has 0 aromatic heterocycles. The van der Waals surface area contributed by atoms with Crippen molar-refractivity contribution < 1.29 is 23.8 Å². The largest absolute Gasteiger partial charge is 0.497 e. The van der Waals surface area contributed by atoms with Crippen molar-refractivity contribution in [3.8, 4) is 11.5 Å². The molecular weight excluding hydrogens is 346 g/mol. The second-order valence-electron chi connectivity index (χ2n) is 6.76. The van der Waals surface area contributed by atoms with Crippen molar-refractivity contribution in [2.45, 2.75) is 51.2 Å². The number of amides is 1. The molecule has 6 nitrogen and oxygen atoms in total. The zero-order valence-electron chi connectivity index (χ0n) is 16.6. The van der Waals surface area contributed by atoms with Crippen molar-refractivity contribution in [3.63, 3.8) is 0 Å². The van der Waals surface area contributed by atoms with Crippen LogP contribution in [0.3, 0.4) is 0 Å². The Morgan fingerprint density at radius 3 is 2.48 bits per heavy atom. The lowest BCUT2D eigenvalue weighted by atomic mass is 9.94. The third-order valence-electron chi connectivity index (χ3n) is 4.95. The van der Waals surface area contributed by atoms with Crippen LogP contribution < -0.4 is 9.47 Å². The van der Waals surface area contributed by atoms with E-state index in [0.29, 0.717) is 17.1 Å². The fourth-order valence-corrected chi connectivity index (χ4v) is 3.31. The molecule has 0 unspecified atom stereocenters. The van der Waals surface area contributed by atoms with Crippen molar-refractivity contribution in [1.82, 2.24) is 4.90 Å². The first-order chi connectivity index (χ1) is 13.0. The Morgan fingerprint density at radius 1 is 1.15 bits per heavy atom. The highest BCUT2D eigenvalue weighted by Crippen LogP contribution is 2.26. The van der Waals surface area contributed by atoms with Gasteiger partial charge in [-0.05, 0) is 38.0 Å². The van der Waals surface area contributed by atoms with Crippen LogP contribution in [-0.2, 0) is 14.3 Å². The number of nitrogens with zero attached hydrogens (tertiary/aromatic N) is 1. The summed E-state index contributed by atoms with van der Waals surface area (Å²) in [5.74, 6) is 0.521. The quantitative estimate of drug-likeness (QED) is 0.540. The first-order valence-corrected chi connectivity index (χ1v) is 9.33. The molecule has 0 saturated heterocycles. The molecule has 0 heterocycles. The Kier molecular flexibility index (Phi) is 7.70. The van der Waals surface area contributed by atoms with Gasteiger partial charge in [-0.25, -0.2) is 4.79 Å². The fraction of sp³-hybridized carbons (Fsp3) is 0.524. The van der Waals surface area contributed by atoms with Crippen LogP contribution in [0.15, 0.2) is 24.3 Å². The van der Waals surface area contributed by atoms with Crippen molar-refractivity contribution in [2.24, 2.45) is 0 Å². The monoisotopic (exact) mass is 375 g/mol. The van der Waals surface area contributed by atoms with E-state index in [0.717, 1.165) is 25.7 Å². The molecule has 1 aliphatic rings. The van der Waals surface area contributed by atoms with Gasteiger partial charge in [0, 0.05) is 30.8 Å². The molecule has 0 bridgehead atoms. The van der Waals surface area contributed by atoms with Gasteiger partial charge >= 0.3 is 5.97 Å². The topological polar surface area (TPSA) is 65.1 Å². The van der Waals surface area contributed by atoms with Crippen LogP contribution in [0.2, 0.25) is 0 Å². The minimum atomic E-state index is -0.813. The van der Waals surface area contributed by atoms with Crippen LogP contribution in [0, 0.1) is 0 Å². The highest BCUT2D eigenvalue weighted by molar-refractivity contribution is 5.90. The van der Waals surface area contributed by atoms with Crippen LogP contribution >= 0.6 is 0 Å². The Bertz CT molecular complexity index is 679. The molecule has 1 fully saturated rings. The van der Waals surface area contributed by atoms with Crippen molar-refractivity contribution >= 4 is 18.0 Å². The summed E-state index contributed by atoms with van der Waals surface area (Å²) in [7, 11) is 4.91. The summed E-state index contributed by atoms with van der Waals surface area (Å²) in [6.45, 7) is 1.61. The van der Waals surface area contributed by atoms with Crippen molar-refractivity contribution in [2.75, 3.05) is 21.3 Å². The average molecular weight is 375 g/mol. The lowest BCUT2D eigenvalue weighted by molar-refractivity contribution is -0.156. The summed E-state index contributed by atoms with van der Waals surface area (Å²) in [4.78, 5) is 26.4. The lowest BCUT2D eigenvalue weighted by Gasteiger charge is -2.32. The molecule has 148 valence electrons. The Balaban J connectivity index is 1.94. The van der Waals surface area contributed by atoms with E-state index in [2.05, 4.69) is 0 Å². The summed E-state index contributed by atoms with van der Waals surface area (Å²) in [6.07, 6.45) is 7.62. The van der Waals surface area contributed by atoms with Crippen LogP contribution in [-0.4, -0.2) is 50.2 Å². The molecule has 0 aliphatic heterocycles. The lowest BCUT2D eigenvalue weighted by Crippen LogP contribution is -2.44. The molecule has 1 amide bonds. The second kappa shape index (κ2) is 10.00. The zero-order chi connectivity index (χ0) is 19.8. The number of esters is 1. The van der Waals surface area contributed by atoms with E-state index in [1.54, 1.807) is 57.4 Å². The van der Waals surface area contributed by atoms with Gasteiger partial charge in [-0.3, -0.25) is 4.79 Å². The van der Waals surface area contributed by atoms with Crippen molar-refractivity contribution in [1.29, 1.82) is 0 Å². The third-order valence-corrected chi connectivity index (χ3v) is 4.95. The summed E-state index contributed by atoms with van der Waals surface area (Å²) in [5, 5.41) is 0. The van der Waals surface area contributed by atoms with Gasteiger partial charge in [-0.2, -0.15) is 0 Å². The number of rotatable bonds is 7. The fourth-order valence-electron chi connectivity index (χ4n) is 3.31. The summed E-state index contributed by atoms with van der Waals surface area (Å²) in [5.41, 5.74) is 0.716. The molecule has 2 rings (SSSR count). The smallest absolute Gasteiger partial charge is 0.331 e. The number of methoxy groups -OCH3 is 2. The van der Waals surface area contributed by atoms with Gasteiger partial charge in [0.15, 0.2) is 6.10 Å². The minimum Gasteiger partial charge on any atom is -0.497 e. The maximum Gasteiger partial charge on any atom is 0.331 e. The van der Waals surface area contributed by atoms with E-state index in [-0.39, 0.29) is 11.9 Å². The molecular formula is C21H29NO5. The zero-order valence-corrected chi connectivity index (χ0v) is 16.6. The molecule has 1 atom stereocenters. The molecule has 1 aliphatic carbocycles. The highest BCUT2D eigenvalue weighted by Gasteiger charge is 2.27. The van der Waals surface area contributed by atoms with Gasteiger partial charge in [0.05, 0.1) is 14.2 Å². The van der Waals surface area contributed by atoms with Gasteiger partial charge in [0.25, 0.3) is 5.91 Å². The number of carbonyl (C=O) groups is 2. The van der Waals surface area contributed by atoms with Gasteiger partial charge in [-0.1, -0.05) is 19.3 Å². The maximum atomic E-state index is 12.5. The minimum absolute atomic E-state index is 0.161. The van der Waals surface area contributed by atoms with Gasteiger partial charge in [0.2, 0.25) is 0 Å². The van der Waals surface area contributed by atoms with Gasteiger partial charge in [-0.15, -0.1) is 0 Å². The second-order valence-corrected chi connectivity index (χ2v) is 6.76. The number of benzene rings is 1. The summed E-state index contributed by atoms with van der Waals surface area (Å²) < 4.78 is 15.7. The van der Waals surface area contributed by atoms with E-state index in [1.165, 1.54) is 12.5 Å². The van der Waals surface area contributed by atoms with Crippen LogP contribution in [0.4, 0.5) is 0 Å². The molecule has 6 heteroatoms. The van der Waals surface area contributed by atoms with Crippen LogP contribution in [0.1, 0.15) is 44.6 Å². The van der Waals surface area contributed by atoms with Crippen molar-refractivity contribution in [3.05, 3.63) is 29.8 Å². The first kappa shape index (κ1) is 20.8. The van der Waals surface area contributed by atoms with Crippen LogP contribution in [0.25, 0.3) is 6.08 Å². The van der Waals surface area contributed by atoms with E-state index >= 15 is 0 Å².